The Labute approximate surface area is 162 Å². The van der Waals surface area contributed by atoms with Crippen LogP contribution in [0.3, 0.4) is 0 Å². The van der Waals surface area contributed by atoms with Gasteiger partial charge >= 0.3 is 0 Å². The first-order valence-corrected chi connectivity index (χ1v) is 10.1. The second kappa shape index (κ2) is 6.87. The van der Waals surface area contributed by atoms with Crippen molar-refractivity contribution in [2.45, 2.75) is 32.2 Å². The van der Waals surface area contributed by atoms with Gasteiger partial charge < -0.3 is 5.32 Å². The zero-order valence-electron chi connectivity index (χ0n) is 13.4. The van der Waals surface area contributed by atoms with Crippen LogP contribution in [-0.4, -0.2) is 15.5 Å². The maximum atomic E-state index is 12.9. The number of anilines is 1. The quantitative estimate of drug-likeness (QED) is 0.602. The van der Waals surface area contributed by atoms with E-state index in [4.69, 9.17) is 0 Å². The number of hydrogen-bond donors (Lipinski definition) is 1. The average Bonchev–Trinajstić information content (AvgIpc) is 2.99. The van der Waals surface area contributed by atoms with Crippen molar-refractivity contribution in [3.05, 3.63) is 55.0 Å². The van der Waals surface area contributed by atoms with E-state index >= 15 is 0 Å². The van der Waals surface area contributed by atoms with Crippen LogP contribution in [0.4, 0.5) is 5.69 Å². The maximum absolute atomic E-state index is 12.9. The van der Waals surface area contributed by atoms with Gasteiger partial charge in [0, 0.05) is 8.45 Å². The molecule has 0 aliphatic heterocycles. The summed E-state index contributed by atoms with van der Waals surface area (Å²) in [5.74, 6) is -0.225. The normalized spacial score (nSPS) is 13.6. The molecular formula is C18H16IN3O2S. The minimum Gasteiger partial charge on any atom is -0.324 e. The number of aryl methyl sites for hydroxylation is 2. The highest BCUT2D eigenvalue weighted by molar-refractivity contribution is 14.1. The van der Waals surface area contributed by atoms with Gasteiger partial charge in [0.1, 0.15) is 11.4 Å². The van der Waals surface area contributed by atoms with Gasteiger partial charge in [-0.15, -0.1) is 11.3 Å². The molecule has 0 bridgehead atoms. The Morgan fingerprint density at radius 1 is 1.28 bits per heavy atom. The lowest BCUT2D eigenvalue weighted by Crippen LogP contribution is -2.28. The molecule has 0 saturated heterocycles. The summed E-state index contributed by atoms with van der Waals surface area (Å²) in [4.78, 5) is 31.7. The first-order chi connectivity index (χ1) is 12.1. The van der Waals surface area contributed by atoms with Gasteiger partial charge in [0.15, 0.2) is 0 Å². The fourth-order valence-corrected chi connectivity index (χ4v) is 4.94. The van der Waals surface area contributed by atoms with Crippen molar-refractivity contribution in [2.24, 2.45) is 0 Å². The fourth-order valence-electron chi connectivity index (χ4n) is 3.20. The van der Waals surface area contributed by atoms with E-state index in [1.54, 1.807) is 11.3 Å². The second-order valence-electron chi connectivity index (χ2n) is 6.10. The Morgan fingerprint density at radius 2 is 2.08 bits per heavy atom. The lowest BCUT2D eigenvalue weighted by atomic mass is 9.97. The molecule has 1 amide bonds. The van der Waals surface area contributed by atoms with Crippen molar-refractivity contribution in [1.82, 2.24) is 9.55 Å². The summed E-state index contributed by atoms with van der Waals surface area (Å²) < 4.78 is 2.37. The highest BCUT2D eigenvalue weighted by Crippen LogP contribution is 2.33. The van der Waals surface area contributed by atoms with Crippen LogP contribution in [-0.2, 0) is 24.2 Å². The van der Waals surface area contributed by atoms with Crippen LogP contribution in [0.1, 0.15) is 23.3 Å². The molecule has 0 radical (unpaired) electrons. The highest BCUT2D eigenvalue weighted by atomic mass is 127. The van der Waals surface area contributed by atoms with Crippen LogP contribution in [0, 0.1) is 3.57 Å². The molecule has 0 atom stereocenters. The molecule has 0 spiro atoms. The molecule has 5 nitrogen and oxygen atoms in total. The molecule has 2 aromatic heterocycles. The smallest absolute Gasteiger partial charge is 0.262 e. The summed E-state index contributed by atoms with van der Waals surface area (Å²) in [7, 11) is 0. The number of fused-ring (bicyclic) bond motifs is 3. The van der Waals surface area contributed by atoms with Crippen molar-refractivity contribution in [3.8, 4) is 0 Å². The van der Waals surface area contributed by atoms with Crippen molar-refractivity contribution in [2.75, 3.05) is 5.32 Å². The minimum atomic E-state index is -0.225. The summed E-state index contributed by atoms with van der Waals surface area (Å²) in [5.41, 5.74) is 1.79. The molecule has 7 heteroatoms. The van der Waals surface area contributed by atoms with Crippen LogP contribution >= 0.6 is 33.9 Å². The topological polar surface area (TPSA) is 64.0 Å². The van der Waals surface area contributed by atoms with Crippen molar-refractivity contribution < 1.29 is 4.79 Å². The Morgan fingerprint density at radius 3 is 2.92 bits per heavy atom. The van der Waals surface area contributed by atoms with E-state index in [1.165, 1.54) is 22.2 Å². The largest absolute Gasteiger partial charge is 0.324 e. The third-order valence-corrected chi connectivity index (χ3v) is 6.54. The fraction of sp³-hybridized carbons (Fsp3) is 0.278. The third-order valence-electron chi connectivity index (χ3n) is 4.40. The summed E-state index contributed by atoms with van der Waals surface area (Å²) in [6.45, 7) is -0.0304. The van der Waals surface area contributed by atoms with Gasteiger partial charge in [0.05, 0.1) is 17.4 Å². The average molecular weight is 465 g/mol. The number of carbonyl (C=O) groups is 1. The molecule has 128 valence electrons. The molecule has 0 fully saturated rings. The molecule has 0 unspecified atom stereocenters. The molecule has 0 saturated carbocycles. The molecule has 25 heavy (non-hydrogen) atoms. The van der Waals surface area contributed by atoms with Gasteiger partial charge in [0.25, 0.3) is 5.56 Å². The van der Waals surface area contributed by atoms with Crippen molar-refractivity contribution in [1.29, 1.82) is 0 Å². The molecular weight excluding hydrogens is 449 g/mol. The lowest BCUT2D eigenvalue weighted by molar-refractivity contribution is -0.116. The third kappa shape index (κ3) is 3.22. The molecule has 1 aliphatic carbocycles. The summed E-state index contributed by atoms with van der Waals surface area (Å²) in [6, 6.07) is 7.56. The van der Waals surface area contributed by atoms with Crippen molar-refractivity contribution >= 4 is 55.7 Å². The minimum absolute atomic E-state index is 0.0304. The first-order valence-electron chi connectivity index (χ1n) is 8.17. The highest BCUT2D eigenvalue weighted by Gasteiger charge is 2.20. The van der Waals surface area contributed by atoms with E-state index in [0.29, 0.717) is 5.39 Å². The number of halogens is 1. The lowest BCUT2D eigenvalue weighted by Gasteiger charge is -2.11. The van der Waals surface area contributed by atoms with E-state index < -0.39 is 0 Å². The van der Waals surface area contributed by atoms with Gasteiger partial charge in [-0.25, -0.2) is 4.98 Å². The summed E-state index contributed by atoms with van der Waals surface area (Å²) in [6.07, 6.45) is 5.74. The Balaban J connectivity index is 1.63. The van der Waals surface area contributed by atoms with Gasteiger partial charge in [-0.1, -0.05) is 12.1 Å². The summed E-state index contributed by atoms with van der Waals surface area (Å²) >= 11 is 3.79. The van der Waals surface area contributed by atoms with E-state index in [1.807, 2.05) is 24.3 Å². The van der Waals surface area contributed by atoms with Gasteiger partial charge in [-0.3, -0.25) is 14.2 Å². The maximum Gasteiger partial charge on any atom is 0.262 e. The zero-order chi connectivity index (χ0) is 17.4. The number of amides is 1. The number of para-hydroxylation sites is 1. The predicted molar refractivity (Wildman–Crippen MR) is 108 cm³/mol. The predicted octanol–water partition coefficient (Wildman–Crippen LogP) is 3.58. The molecule has 4 rings (SSSR count). The van der Waals surface area contributed by atoms with Crippen LogP contribution in [0.25, 0.3) is 10.2 Å². The van der Waals surface area contributed by atoms with Crippen LogP contribution in [0.15, 0.2) is 35.4 Å². The number of nitrogens with one attached hydrogen (secondary N) is 1. The number of aromatic nitrogens is 2. The van der Waals surface area contributed by atoms with Gasteiger partial charge in [-0.2, -0.15) is 0 Å². The van der Waals surface area contributed by atoms with Crippen molar-refractivity contribution in [3.63, 3.8) is 0 Å². The first kappa shape index (κ1) is 16.7. The van der Waals surface area contributed by atoms with E-state index in [-0.39, 0.29) is 18.0 Å². The van der Waals surface area contributed by atoms with Crippen LogP contribution < -0.4 is 10.9 Å². The number of rotatable bonds is 3. The molecule has 1 N–H and O–H groups in total. The number of thiophene rings is 1. The Bertz CT molecular complexity index is 1020. The summed E-state index contributed by atoms with van der Waals surface area (Å²) in [5, 5.41) is 3.57. The molecule has 1 aliphatic rings. The Hall–Kier alpha value is -1.74. The molecule has 3 aromatic rings. The number of carbonyl (C=O) groups excluding carboxylic acids is 1. The SMILES string of the molecule is O=C(Cn1cnc2sc3c(c2c1=O)CCCC3)Nc1ccccc1I. The number of nitrogens with zero attached hydrogens (tertiary/aromatic N) is 2. The zero-order valence-corrected chi connectivity index (χ0v) is 16.4. The monoisotopic (exact) mass is 465 g/mol. The Kier molecular flexibility index (Phi) is 4.60. The van der Waals surface area contributed by atoms with Crippen LogP contribution in [0.5, 0.6) is 0 Å². The van der Waals surface area contributed by atoms with E-state index in [2.05, 4.69) is 32.9 Å². The molecule has 1 aromatic carbocycles. The van der Waals surface area contributed by atoms with E-state index in [9.17, 15) is 9.59 Å². The van der Waals surface area contributed by atoms with Gasteiger partial charge in [0.2, 0.25) is 5.91 Å². The molecule has 2 heterocycles. The standard InChI is InChI=1S/C18H16IN3O2S/c19-12-6-2-3-7-13(12)21-15(23)9-22-10-20-17-16(18(22)24)11-5-1-4-8-14(11)25-17/h2-3,6-7,10H,1,4-5,8-9H2,(H,21,23). The van der Waals surface area contributed by atoms with Crippen LogP contribution in [0.2, 0.25) is 0 Å². The second-order valence-corrected chi connectivity index (χ2v) is 8.34. The van der Waals surface area contributed by atoms with E-state index in [0.717, 1.165) is 38.9 Å². The van der Waals surface area contributed by atoms with Gasteiger partial charge in [-0.05, 0) is 66.0 Å². The number of hydrogen-bond acceptors (Lipinski definition) is 4. The number of benzene rings is 1.